The third kappa shape index (κ3) is 4.68. The number of hydrogen-bond donors (Lipinski definition) is 2. The zero-order chi connectivity index (χ0) is 18.4. The fraction of sp³-hybridized carbons (Fsp3) is 0.467. The largest absolute Gasteiger partial charge is 0.497 e. The molecule has 0 atom stereocenters. The molecule has 0 aromatic heterocycles. The molecule has 1 aromatic carbocycles. The van der Waals surface area contributed by atoms with Crippen LogP contribution in [0.1, 0.15) is 0 Å². The maximum Gasteiger partial charge on any atom is 0.243 e. The van der Waals surface area contributed by atoms with Crippen molar-refractivity contribution in [1.82, 2.24) is 14.5 Å². The fourth-order valence-electron chi connectivity index (χ4n) is 2.43. The molecule has 0 unspecified atom stereocenters. The smallest absolute Gasteiger partial charge is 0.243 e. The Hall–Kier alpha value is -2.17. The van der Waals surface area contributed by atoms with Crippen LogP contribution in [-0.4, -0.2) is 75.8 Å². The summed E-state index contributed by atoms with van der Waals surface area (Å²) in [5.74, 6) is -0.0914. The second-order valence-electron chi connectivity index (χ2n) is 5.44. The van der Waals surface area contributed by atoms with Crippen LogP contribution in [0.4, 0.5) is 0 Å². The SMILES string of the molecule is COc1ccc(S(=O)(=O)N2CCN(C(=O)CNC(=O)CN)CC2)cc1. The van der Waals surface area contributed by atoms with Crippen LogP contribution in [0.25, 0.3) is 0 Å². The molecule has 1 fully saturated rings. The van der Waals surface area contributed by atoms with Crippen molar-refractivity contribution in [1.29, 1.82) is 0 Å². The molecule has 138 valence electrons. The van der Waals surface area contributed by atoms with Crippen LogP contribution in [0, 0.1) is 0 Å². The number of ether oxygens (including phenoxy) is 1. The molecule has 25 heavy (non-hydrogen) atoms. The van der Waals surface area contributed by atoms with Crippen molar-refractivity contribution < 1.29 is 22.7 Å². The van der Waals surface area contributed by atoms with Gasteiger partial charge >= 0.3 is 0 Å². The molecular formula is C15H22N4O5S. The Kier molecular flexibility index (Phi) is 6.34. The Balaban J connectivity index is 1.94. The van der Waals surface area contributed by atoms with Crippen LogP contribution in [0.15, 0.2) is 29.2 Å². The number of amides is 2. The van der Waals surface area contributed by atoms with Crippen molar-refractivity contribution in [3.8, 4) is 5.75 Å². The quantitative estimate of drug-likeness (QED) is 0.635. The van der Waals surface area contributed by atoms with Gasteiger partial charge in [0.05, 0.1) is 25.1 Å². The van der Waals surface area contributed by atoms with E-state index in [0.29, 0.717) is 5.75 Å². The van der Waals surface area contributed by atoms with Gasteiger partial charge in [0.1, 0.15) is 5.75 Å². The van der Waals surface area contributed by atoms with Crippen LogP contribution in [0.3, 0.4) is 0 Å². The van der Waals surface area contributed by atoms with Crippen molar-refractivity contribution in [2.45, 2.75) is 4.90 Å². The van der Waals surface area contributed by atoms with E-state index in [9.17, 15) is 18.0 Å². The van der Waals surface area contributed by atoms with E-state index in [0.717, 1.165) is 0 Å². The summed E-state index contributed by atoms with van der Waals surface area (Å²) in [4.78, 5) is 24.8. The van der Waals surface area contributed by atoms with Crippen LogP contribution in [-0.2, 0) is 19.6 Å². The summed E-state index contributed by atoms with van der Waals surface area (Å²) < 4.78 is 31.6. The minimum Gasteiger partial charge on any atom is -0.497 e. The maximum atomic E-state index is 12.6. The molecule has 1 aliphatic heterocycles. The van der Waals surface area contributed by atoms with Gasteiger partial charge in [0, 0.05) is 26.2 Å². The average Bonchev–Trinajstić information content (AvgIpc) is 2.65. The molecular weight excluding hydrogens is 348 g/mol. The summed E-state index contributed by atoms with van der Waals surface area (Å²) in [6.07, 6.45) is 0. The Labute approximate surface area is 146 Å². The molecule has 1 aliphatic rings. The highest BCUT2D eigenvalue weighted by atomic mass is 32.2. The second kappa shape index (κ2) is 8.28. The van der Waals surface area contributed by atoms with Gasteiger partial charge in [0.25, 0.3) is 0 Å². The summed E-state index contributed by atoms with van der Waals surface area (Å²) in [6, 6.07) is 6.17. The van der Waals surface area contributed by atoms with E-state index in [1.807, 2.05) is 0 Å². The van der Waals surface area contributed by atoms with E-state index in [-0.39, 0.29) is 50.1 Å². The first-order valence-electron chi connectivity index (χ1n) is 7.77. The molecule has 0 spiro atoms. The third-order valence-electron chi connectivity index (χ3n) is 3.91. The molecule has 10 heteroatoms. The van der Waals surface area contributed by atoms with Gasteiger partial charge in [-0.15, -0.1) is 0 Å². The molecule has 1 heterocycles. The van der Waals surface area contributed by atoms with Crippen LogP contribution in [0.5, 0.6) is 5.75 Å². The molecule has 3 N–H and O–H groups in total. The summed E-state index contributed by atoms with van der Waals surface area (Å²) in [5.41, 5.74) is 5.16. The van der Waals surface area contributed by atoms with E-state index in [1.54, 1.807) is 12.1 Å². The zero-order valence-electron chi connectivity index (χ0n) is 14.0. The lowest BCUT2D eigenvalue weighted by atomic mass is 10.3. The number of carbonyl (C=O) groups excluding carboxylic acids is 2. The standard InChI is InChI=1S/C15H22N4O5S/c1-24-12-2-4-13(5-3-12)25(22,23)19-8-6-18(7-9-19)15(21)11-17-14(20)10-16/h2-5H,6-11,16H2,1H3,(H,17,20). The Morgan fingerprint density at radius 2 is 1.76 bits per heavy atom. The van der Waals surface area contributed by atoms with Gasteiger partial charge in [0.2, 0.25) is 21.8 Å². The van der Waals surface area contributed by atoms with Gasteiger partial charge in [-0.25, -0.2) is 8.42 Å². The van der Waals surface area contributed by atoms with Gasteiger partial charge in [-0.2, -0.15) is 4.31 Å². The number of piperazine rings is 1. The minimum absolute atomic E-state index is 0.138. The molecule has 1 aromatic rings. The number of carbonyl (C=O) groups is 2. The van der Waals surface area contributed by atoms with E-state index in [2.05, 4.69) is 5.32 Å². The number of nitrogens with one attached hydrogen (secondary N) is 1. The Morgan fingerprint density at radius 3 is 2.28 bits per heavy atom. The molecule has 2 amide bonds. The topological polar surface area (TPSA) is 122 Å². The monoisotopic (exact) mass is 370 g/mol. The first-order valence-corrected chi connectivity index (χ1v) is 9.21. The minimum atomic E-state index is -3.61. The van der Waals surface area contributed by atoms with Crippen molar-refractivity contribution >= 4 is 21.8 Å². The fourth-order valence-corrected chi connectivity index (χ4v) is 3.85. The number of nitrogens with two attached hydrogens (primary N) is 1. The van der Waals surface area contributed by atoms with Crippen LogP contribution < -0.4 is 15.8 Å². The van der Waals surface area contributed by atoms with E-state index in [1.165, 1.54) is 28.4 Å². The normalized spacial score (nSPS) is 15.7. The van der Waals surface area contributed by atoms with Crippen molar-refractivity contribution in [3.63, 3.8) is 0 Å². The van der Waals surface area contributed by atoms with Crippen LogP contribution in [0.2, 0.25) is 0 Å². The second-order valence-corrected chi connectivity index (χ2v) is 7.38. The first-order chi connectivity index (χ1) is 11.9. The molecule has 0 radical (unpaired) electrons. The lowest BCUT2D eigenvalue weighted by Crippen LogP contribution is -2.52. The lowest BCUT2D eigenvalue weighted by Gasteiger charge is -2.34. The summed E-state index contributed by atoms with van der Waals surface area (Å²) in [7, 11) is -2.10. The highest BCUT2D eigenvalue weighted by molar-refractivity contribution is 7.89. The van der Waals surface area contributed by atoms with Crippen molar-refractivity contribution in [2.75, 3.05) is 46.4 Å². The van der Waals surface area contributed by atoms with Gasteiger partial charge in [-0.3, -0.25) is 9.59 Å². The summed E-state index contributed by atoms with van der Waals surface area (Å²) in [5, 5.41) is 2.41. The van der Waals surface area contributed by atoms with E-state index >= 15 is 0 Å². The summed E-state index contributed by atoms with van der Waals surface area (Å²) >= 11 is 0. The number of rotatable bonds is 6. The number of methoxy groups -OCH3 is 1. The number of benzene rings is 1. The maximum absolute atomic E-state index is 12.6. The molecule has 0 saturated carbocycles. The lowest BCUT2D eigenvalue weighted by molar-refractivity contribution is -0.133. The first kappa shape index (κ1) is 19.2. The highest BCUT2D eigenvalue weighted by Crippen LogP contribution is 2.20. The Morgan fingerprint density at radius 1 is 1.16 bits per heavy atom. The van der Waals surface area contributed by atoms with Gasteiger partial charge in [-0.05, 0) is 24.3 Å². The predicted octanol–water partition coefficient (Wildman–Crippen LogP) is -1.40. The van der Waals surface area contributed by atoms with E-state index in [4.69, 9.17) is 10.5 Å². The van der Waals surface area contributed by atoms with Gasteiger partial charge in [0.15, 0.2) is 0 Å². The molecule has 1 saturated heterocycles. The number of nitrogens with zero attached hydrogens (tertiary/aromatic N) is 2. The molecule has 9 nitrogen and oxygen atoms in total. The molecule has 0 aliphatic carbocycles. The zero-order valence-corrected chi connectivity index (χ0v) is 14.8. The number of sulfonamides is 1. The van der Waals surface area contributed by atoms with Crippen molar-refractivity contribution in [3.05, 3.63) is 24.3 Å². The highest BCUT2D eigenvalue weighted by Gasteiger charge is 2.30. The molecule has 2 rings (SSSR count). The van der Waals surface area contributed by atoms with Gasteiger partial charge < -0.3 is 20.7 Å². The average molecular weight is 370 g/mol. The van der Waals surface area contributed by atoms with Gasteiger partial charge in [-0.1, -0.05) is 0 Å². The molecule has 0 bridgehead atoms. The predicted molar refractivity (Wildman–Crippen MR) is 90.4 cm³/mol. The van der Waals surface area contributed by atoms with E-state index < -0.39 is 15.9 Å². The Bertz CT molecular complexity index is 712. The van der Waals surface area contributed by atoms with Crippen LogP contribution >= 0.6 is 0 Å². The summed E-state index contributed by atoms with van der Waals surface area (Å²) in [6.45, 7) is 0.623. The van der Waals surface area contributed by atoms with Crippen molar-refractivity contribution in [2.24, 2.45) is 5.73 Å². The third-order valence-corrected chi connectivity index (χ3v) is 5.82. The number of hydrogen-bond acceptors (Lipinski definition) is 6.